The average Bonchev–Trinajstić information content (AvgIpc) is 3.23. The van der Waals surface area contributed by atoms with Crippen LogP contribution in [-0.4, -0.2) is 47.3 Å². The van der Waals surface area contributed by atoms with E-state index in [1.807, 2.05) is 12.1 Å². The Morgan fingerprint density at radius 3 is 1.32 bits per heavy atom. The Labute approximate surface area is 384 Å². The number of nitrogens with one attached hydrogen (secondary N) is 4. The molecule has 0 saturated carbocycles. The maximum absolute atomic E-state index is 13.3. The van der Waals surface area contributed by atoms with E-state index in [0.29, 0.717) is 11.4 Å². The molecule has 2 atom stereocenters. The fourth-order valence-corrected chi connectivity index (χ4v) is 6.60. The number of hydrogen-bond acceptors (Lipinski definition) is 10. The third-order valence-electron chi connectivity index (χ3n) is 8.48. The number of anilines is 4. The predicted molar refractivity (Wildman–Crippen MR) is 242 cm³/mol. The van der Waals surface area contributed by atoms with Gasteiger partial charge in [-0.1, -0.05) is 70.7 Å². The van der Waals surface area contributed by atoms with Gasteiger partial charge in [0.05, 0.1) is 25.8 Å². The van der Waals surface area contributed by atoms with E-state index in [9.17, 15) is 28.8 Å². The van der Waals surface area contributed by atoms with E-state index in [2.05, 4.69) is 41.7 Å². The third kappa shape index (κ3) is 12.7. The van der Waals surface area contributed by atoms with Crippen LogP contribution in [0.3, 0.4) is 0 Å². The summed E-state index contributed by atoms with van der Waals surface area (Å²) in [5.41, 5.74) is 2.82. The van der Waals surface area contributed by atoms with Crippen molar-refractivity contribution < 1.29 is 28.8 Å². The Balaban J connectivity index is 1.26. The molecule has 4 amide bonds. The highest BCUT2D eigenvalue weighted by atomic mass is 35.5. The lowest BCUT2D eigenvalue weighted by Gasteiger charge is -2.15. The van der Waals surface area contributed by atoms with Crippen molar-refractivity contribution in [1.29, 1.82) is 0 Å². The SMILES string of the molecule is CC(=O)C(N=Nc1cc(C(=O)Nc2cccc(CCl)c2)ccc1Cl)C(=O)Nc1cc(Cl)c(NC(=O)C(N=Nc2cc(C(=O)Nc3cccc(CCl)c3)ccc2Cl)C(C)=O)c(Cl)c1. The molecule has 2 unspecified atom stereocenters. The van der Waals surface area contributed by atoms with Gasteiger partial charge >= 0.3 is 0 Å². The fraction of sp³-hybridized carbons (Fsp3) is 0.143. The molecule has 5 aromatic carbocycles. The summed E-state index contributed by atoms with van der Waals surface area (Å²) in [6.07, 6.45) is 0. The molecule has 0 aliphatic heterocycles. The van der Waals surface area contributed by atoms with E-state index in [0.717, 1.165) is 25.0 Å². The number of hydrogen-bond donors (Lipinski definition) is 4. The van der Waals surface area contributed by atoms with Crippen molar-refractivity contribution in [2.75, 3.05) is 21.3 Å². The van der Waals surface area contributed by atoms with Gasteiger partial charge in [-0.25, -0.2) is 0 Å². The van der Waals surface area contributed by atoms with Crippen molar-refractivity contribution in [3.8, 4) is 0 Å². The largest absolute Gasteiger partial charge is 0.324 e. The highest BCUT2D eigenvalue weighted by Crippen LogP contribution is 2.35. The summed E-state index contributed by atoms with van der Waals surface area (Å²) >= 11 is 37.3. The Bertz CT molecular complexity index is 2620. The number of carbonyl (C=O) groups is 6. The normalized spacial score (nSPS) is 12.1. The first-order valence-electron chi connectivity index (χ1n) is 18.0. The molecule has 14 nitrogen and oxygen atoms in total. The number of azo groups is 2. The molecule has 0 aromatic heterocycles. The minimum atomic E-state index is -1.70. The summed E-state index contributed by atoms with van der Waals surface area (Å²) in [5.74, 6) is -3.75. The second kappa shape index (κ2) is 21.9. The summed E-state index contributed by atoms with van der Waals surface area (Å²) in [7, 11) is 0. The van der Waals surface area contributed by atoms with Crippen LogP contribution in [0.15, 0.2) is 118 Å². The zero-order valence-corrected chi connectivity index (χ0v) is 36.8. The number of ketones is 2. The van der Waals surface area contributed by atoms with Crippen molar-refractivity contribution in [1.82, 2.24) is 0 Å². The number of amides is 4. The van der Waals surface area contributed by atoms with E-state index in [1.54, 1.807) is 36.4 Å². The summed E-state index contributed by atoms with van der Waals surface area (Å²) in [6, 6.07) is 21.4. The lowest BCUT2D eigenvalue weighted by Crippen LogP contribution is -2.32. The number of nitrogens with zero attached hydrogens (tertiary/aromatic N) is 4. The molecule has 0 aliphatic carbocycles. The molecule has 318 valence electrons. The smallest absolute Gasteiger partial charge is 0.258 e. The molecule has 62 heavy (non-hydrogen) atoms. The fourth-order valence-electron chi connectivity index (χ4n) is 5.38. The first-order chi connectivity index (χ1) is 29.6. The van der Waals surface area contributed by atoms with Crippen LogP contribution < -0.4 is 21.3 Å². The topological polar surface area (TPSA) is 200 Å². The molecule has 0 radical (unpaired) electrons. The van der Waals surface area contributed by atoms with Crippen LogP contribution in [0.4, 0.5) is 34.1 Å². The second-order valence-electron chi connectivity index (χ2n) is 13.2. The first kappa shape index (κ1) is 47.3. The summed E-state index contributed by atoms with van der Waals surface area (Å²) in [4.78, 5) is 77.6. The molecule has 20 heteroatoms. The molecule has 5 rings (SSSR count). The van der Waals surface area contributed by atoms with Gasteiger partial charge in [0.25, 0.3) is 23.6 Å². The molecule has 4 N–H and O–H groups in total. The van der Waals surface area contributed by atoms with Crippen molar-refractivity contribution in [3.63, 3.8) is 0 Å². The monoisotopic (exact) mass is 954 g/mol. The van der Waals surface area contributed by atoms with E-state index >= 15 is 0 Å². The van der Waals surface area contributed by atoms with Crippen LogP contribution in [0, 0.1) is 0 Å². The third-order valence-corrected chi connectivity index (χ3v) is 10.3. The molecule has 0 aliphatic rings. The van der Waals surface area contributed by atoms with Gasteiger partial charge in [0.15, 0.2) is 11.6 Å². The summed E-state index contributed by atoms with van der Waals surface area (Å²) < 4.78 is 0. The maximum Gasteiger partial charge on any atom is 0.258 e. The molecule has 0 heterocycles. The Kier molecular flexibility index (Phi) is 16.7. The molecular weight excluding hydrogens is 925 g/mol. The molecule has 0 bridgehead atoms. The number of Topliss-reactive ketones (excluding diaryl/α,β-unsaturated/α-hetero) is 2. The number of carbonyl (C=O) groups excluding carboxylic acids is 6. The van der Waals surface area contributed by atoms with Crippen LogP contribution in [0.1, 0.15) is 45.7 Å². The Morgan fingerprint density at radius 2 is 0.919 bits per heavy atom. The highest BCUT2D eigenvalue weighted by molar-refractivity contribution is 6.40. The van der Waals surface area contributed by atoms with Gasteiger partial charge in [-0.3, -0.25) is 28.8 Å². The second-order valence-corrected chi connectivity index (χ2v) is 15.3. The van der Waals surface area contributed by atoms with Gasteiger partial charge in [0.1, 0.15) is 11.4 Å². The van der Waals surface area contributed by atoms with E-state index in [-0.39, 0.29) is 65.7 Å². The average molecular weight is 957 g/mol. The molecule has 0 spiro atoms. The van der Waals surface area contributed by atoms with Gasteiger partial charge in [0.2, 0.25) is 12.1 Å². The predicted octanol–water partition coefficient (Wildman–Crippen LogP) is 11.6. The lowest BCUT2D eigenvalue weighted by molar-refractivity contribution is -0.127. The van der Waals surface area contributed by atoms with Crippen LogP contribution in [0.25, 0.3) is 0 Å². The molecular formula is C42H32Cl6N8O6. The van der Waals surface area contributed by atoms with Gasteiger partial charge in [0, 0.05) is 39.9 Å². The van der Waals surface area contributed by atoms with Gasteiger partial charge < -0.3 is 21.3 Å². The van der Waals surface area contributed by atoms with E-state index < -0.39 is 47.3 Å². The van der Waals surface area contributed by atoms with Crippen molar-refractivity contribution >= 4 is 139 Å². The zero-order chi connectivity index (χ0) is 45.1. The number of alkyl halides is 2. The highest BCUT2D eigenvalue weighted by Gasteiger charge is 2.27. The summed E-state index contributed by atoms with van der Waals surface area (Å²) in [6.45, 7) is 2.23. The van der Waals surface area contributed by atoms with Gasteiger partial charge in [-0.05, 0) is 97.8 Å². The lowest BCUT2D eigenvalue weighted by atomic mass is 10.1. The Morgan fingerprint density at radius 1 is 0.500 bits per heavy atom. The van der Waals surface area contributed by atoms with E-state index in [1.165, 1.54) is 48.5 Å². The number of benzene rings is 5. The van der Waals surface area contributed by atoms with Crippen LogP contribution in [0.5, 0.6) is 0 Å². The molecule has 0 fully saturated rings. The van der Waals surface area contributed by atoms with Crippen molar-refractivity contribution in [2.24, 2.45) is 20.5 Å². The number of rotatable bonds is 16. The van der Waals surface area contributed by atoms with E-state index in [4.69, 9.17) is 69.6 Å². The minimum absolute atomic E-state index is 0.00272. The first-order valence-corrected chi connectivity index (χ1v) is 20.6. The van der Waals surface area contributed by atoms with Crippen molar-refractivity contribution in [2.45, 2.75) is 37.7 Å². The molecule has 5 aromatic rings. The van der Waals surface area contributed by atoms with Crippen molar-refractivity contribution in [3.05, 3.63) is 139 Å². The van der Waals surface area contributed by atoms with Gasteiger partial charge in [-0.15, -0.1) is 23.2 Å². The maximum atomic E-state index is 13.3. The number of halogens is 6. The zero-order valence-electron chi connectivity index (χ0n) is 32.3. The standard InChI is InChI=1S/C42H32Cl6N8O6/c1-21(57)36(55-53-34-15-25(9-11-30(34)45)39(59)49-27-7-3-5-23(13-27)19-43)41(61)51-29-17-32(47)38(33(48)18-29)52-42(62)37(22(2)58)56-54-35-16-26(10-12-31(35)46)40(60)50-28-8-4-6-24(14-28)20-44/h3-18,36-37H,19-20H2,1-2H3,(H,49,59)(H,50,60)(H,51,61)(H,52,62). The van der Waals surface area contributed by atoms with Crippen LogP contribution in [0.2, 0.25) is 20.1 Å². The quantitative estimate of drug-likeness (QED) is 0.0431. The Hall–Kier alpha value is -5.74. The van der Waals surface area contributed by atoms with Gasteiger partial charge in [-0.2, -0.15) is 20.5 Å². The molecule has 0 saturated heterocycles. The van der Waals surface area contributed by atoms with Crippen LogP contribution >= 0.6 is 69.6 Å². The summed E-state index contributed by atoms with van der Waals surface area (Å²) in [5, 5.41) is 26.0. The van der Waals surface area contributed by atoms with Crippen LogP contribution in [-0.2, 0) is 30.9 Å². The minimum Gasteiger partial charge on any atom is -0.324 e.